The van der Waals surface area contributed by atoms with Gasteiger partial charge in [0.2, 0.25) is 10.0 Å². The molecule has 0 spiro atoms. The van der Waals surface area contributed by atoms with E-state index >= 15 is 0 Å². The Morgan fingerprint density at radius 3 is 2.48 bits per heavy atom. The predicted octanol–water partition coefficient (Wildman–Crippen LogP) is 3.25. The molecule has 2 aromatic carbocycles. The molecule has 1 heterocycles. The van der Waals surface area contributed by atoms with Gasteiger partial charge in [-0.25, -0.2) is 8.42 Å². The SMILES string of the molecule is CCOC(=O)C1CCN(S(=O)(=O)c2cccc(C(=O)CNc3ccccc3C)c2)CC1. The van der Waals surface area contributed by atoms with Gasteiger partial charge in [0.15, 0.2) is 5.78 Å². The number of esters is 1. The summed E-state index contributed by atoms with van der Waals surface area (Å²) < 4.78 is 32.6. The van der Waals surface area contributed by atoms with E-state index in [4.69, 9.17) is 4.74 Å². The number of carbonyl (C=O) groups excluding carboxylic acids is 2. The number of carbonyl (C=O) groups is 2. The summed E-state index contributed by atoms with van der Waals surface area (Å²) in [7, 11) is -3.74. The van der Waals surface area contributed by atoms with Gasteiger partial charge in [-0.05, 0) is 50.5 Å². The Morgan fingerprint density at radius 1 is 1.10 bits per heavy atom. The topological polar surface area (TPSA) is 92.8 Å². The first-order valence-corrected chi connectivity index (χ1v) is 11.9. The van der Waals surface area contributed by atoms with Crippen LogP contribution in [0.5, 0.6) is 0 Å². The fourth-order valence-corrected chi connectivity index (χ4v) is 5.14. The van der Waals surface area contributed by atoms with Crippen LogP contribution in [-0.4, -0.2) is 50.7 Å². The Balaban J connectivity index is 1.67. The van der Waals surface area contributed by atoms with Crippen molar-refractivity contribution in [2.75, 3.05) is 31.6 Å². The maximum absolute atomic E-state index is 13.1. The first-order valence-electron chi connectivity index (χ1n) is 10.4. The van der Waals surface area contributed by atoms with Gasteiger partial charge >= 0.3 is 5.97 Å². The number of hydrogen-bond acceptors (Lipinski definition) is 6. The molecule has 0 bridgehead atoms. The lowest BCUT2D eigenvalue weighted by atomic mass is 9.98. The van der Waals surface area contributed by atoms with E-state index in [1.807, 2.05) is 31.2 Å². The van der Waals surface area contributed by atoms with Crippen molar-refractivity contribution in [1.82, 2.24) is 4.31 Å². The molecule has 31 heavy (non-hydrogen) atoms. The largest absolute Gasteiger partial charge is 0.466 e. The highest BCUT2D eigenvalue weighted by atomic mass is 32.2. The number of sulfonamides is 1. The Labute approximate surface area is 183 Å². The van der Waals surface area contributed by atoms with Crippen molar-refractivity contribution in [2.45, 2.75) is 31.6 Å². The number of rotatable bonds is 8. The zero-order valence-electron chi connectivity index (χ0n) is 17.8. The van der Waals surface area contributed by atoms with Crippen molar-refractivity contribution < 1.29 is 22.7 Å². The van der Waals surface area contributed by atoms with Gasteiger partial charge < -0.3 is 10.1 Å². The Hall–Kier alpha value is -2.71. The minimum absolute atomic E-state index is 0.0687. The number of ether oxygens (including phenoxy) is 1. The molecule has 2 aromatic rings. The van der Waals surface area contributed by atoms with Crippen LogP contribution in [0, 0.1) is 12.8 Å². The summed E-state index contributed by atoms with van der Waals surface area (Å²) in [6.45, 7) is 4.58. The number of nitrogens with zero attached hydrogens (tertiary/aromatic N) is 1. The molecular weight excluding hydrogens is 416 g/mol. The predicted molar refractivity (Wildman–Crippen MR) is 119 cm³/mol. The van der Waals surface area contributed by atoms with Crippen LogP contribution >= 0.6 is 0 Å². The van der Waals surface area contributed by atoms with Crippen molar-refractivity contribution in [3.05, 3.63) is 59.7 Å². The molecule has 3 rings (SSSR count). The molecule has 0 saturated carbocycles. The number of aryl methyl sites for hydroxylation is 1. The van der Waals surface area contributed by atoms with Gasteiger partial charge in [0.05, 0.1) is 24.0 Å². The maximum atomic E-state index is 13.1. The molecule has 0 aliphatic carbocycles. The van der Waals surface area contributed by atoms with E-state index in [0.29, 0.717) is 25.0 Å². The molecule has 0 radical (unpaired) electrons. The second-order valence-electron chi connectivity index (χ2n) is 7.55. The average molecular weight is 445 g/mol. The molecule has 1 saturated heterocycles. The van der Waals surface area contributed by atoms with Crippen LogP contribution in [0.25, 0.3) is 0 Å². The van der Waals surface area contributed by atoms with Crippen molar-refractivity contribution >= 4 is 27.5 Å². The number of para-hydroxylation sites is 1. The minimum atomic E-state index is -3.74. The Bertz CT molecular complexity index is 1040. The highest BCUT2D eigenvalue weighted by Gasteiger charge is 2.32. The first-order chi connectivity index (χ1) is 14.8. The normalized spacial score (nSPS) is 15.4. The number of benzene rings is 2. The molecule has 166 valence electrons. The summed E-state index contributed by atoms with van der Waals surface area (Å²) in [6.07, 6.45) is 0.855. The summed E-state index contributed by atoms with van der Waals surface area (Å²) in [4.78, 5) is 24.6. The molecule has 1 aliphatic rings. The monoisotopic (exact) mass is 444 g/mol. The standard InChI is InChI=1S/C23H28N2O5S/c1-3-30-23(27)18-11-13-25(14-12-18)31(28,29)20-9-6-8-19(15-20)22(26)16-24-21-10-5-4-7-17(21)2/h4-10,15,18,24H,3,11-14,16H2,1-2H3. The van der Waals surface area contributed by atoms with Crippen molar-refractivity contribution in [1.29, 1.82) is 0 Å². The van der Waals surface area contributed by atoms with E-state index in [1.54, 1.807) is 19.1 Å². The van der Waals surface area contributed by atoms with Crippen LogP contribution in [0.1, 0.15) is 35.7 Å². The van der Waals surface area contributed by atoms with Gasteiger partial charge in [-0.2, -0.15) is 4.31 Å². The molecule has 0 aromatic heterocycles. The molecule has 0 amide bonds. The molecule has 1 fully saturated rings. The van der Waals surface area contributed by atoms with E-state index < -0.39 is 10.0 Å². The van der Waals surface area contributed by atoms with Gasteiger partial charge in [0.25, 0.3) is 0 Å². The van der Waals surface area contributed by atoms with Gasteiger partial charge in [0, 0.05) is 24.3 Å². The fraction of sp³-hybridized carbons (Fsp3) is 0.391. The van der Waals surface area contributed by atoms with Gasteiger partial charge in [0.1, 0.15) is 0 Å². The first kappa shape index (κ1) is 23.0. The summed E-state index contributed by atoms with van der Waals surface area (Å²) in [5, 5.41) is 3.11. The third-order valence-corrected chi connectivity index (χ3v) is 7.35. The molecule has 0 unspecified atom stereocenters. The van der Waals surface area contributed by atoms with Crippen LogP contribution in [0.2, 0.25) is 0 Å². The number of ketones is 1. The molecule has 1 N–H and O–H groups in total. The second-order valence-corrected chi connectivity index (χ2v) is 9.49. The minimum Gasteiger partial charge on any atom is -0.466 e. The van der Waals surface area contributed by atoms with Crippen LogP contribution in [0.15, 0.2) is 53.4 Å². The Kier molecular flexibility index (Phi) is 7.46. The quantitative estimate of drug-likeness (QED) is 0.496. The number of Topliss-reactive ketones (excluding diaryl/α,β-unsaturated/α-hetero) is 1. The third kappa shape index (κ3) is 5.51. The molecule has 0 atom stereocenters. The number of anilines is 1. The van der Waals surface area contributed by atoms with E-state index in [2.05, 4.69) is 5.32 Å². The zero-order chi connectivity index (χ0) is 22.4. The lowest BCUT2D eigenvalue weighted by Crippen LogP contribution is -2.40. The second kappa shape index (κ2) is 10.1. The fourth-order valence-electron chi connectivity index (χ4n) is 3.62. The maximum Gasteiger partial charge on any atom is 0.309 e. The molecule has 8 heteroatoms. The number of hydrogen-bond donors (Lipinski definition) is 1. The summed E-state index contributed by atoms with van der Waals surface area (Å²) in [6, 6.07) is 13.8. The summed E-state index contributed by atoms with van der Waals surface area (Å²) in [5.41, 5.74) is 2.23. The van der Waals surface area contributed by atoms with E-state index in [-0.39, 0.29) is 42.2 Å². The average Bonchev–Trinajstić information content (AvgIpc) is 2.78. The summed E-state index contributed by atoms with van der Waals surface area (Å²) in [5.74, 6) is -0.735. The number of piperidine rings is 1. The van der Waals surface area contributed by atoms with E-state index in [0.717, 1.165) is 11.3 Å². The highest BCUT2D eigenvalue weighted by Crippen LogP contribution is 2.25. The zero-order valence-corrected chi connectivity index (χ0v) is 18.7. The van der Waals surface area contributed by atoms with E-state index in [9.17, 15) is 18.0 Å². The van der Waals surface area contributed by atoms with Gasteiger partial charge in [-0.15, -0.1) is 0 Å². The van der Waals surface area contributed by atoms with Gasteiger partial charge in [-0.3, -0.25) is 9.59 Å². The molecular formula is C23H28N2O5S. The highest BCUT2D eigenvalue weighted by molar-refractivity contribution is 7.89. The van der Waals surface area contributed by atoms with Crippen molar-refractivity contribution in [2.24, 2.45) is 5.92 Å². The lowest BCUT2D eigenvalue weighted by molar-refractivity contribution is -0.149. The van der Waals surface area contributed by atoms with Crippen LogP contribution in [0.4, 0.5) is 5.69 Å². The van der Waals surface area contributed by atoms with Crippen LogP contribution < -0.4 is 5.32 Å². The molecule has 1 aliphatic heterocycles. The molecule has 7 nitrogen and oxygen atoms in total. The van der Waals surface area contributed by atoms with Crippen LogP contribution in [0.3, 0.4) is 0 Å². The smallest absolute Gasteiger partial charge is 0.309 e. The van der Waals surface area contributed by atoms with Gasteiger partial charge in [-0.1, -0.05) is 30.3 Å². The lowest BCUT2D eigenvalue weighted by Gasteiger charge is -2.30. The third-order valence-electron chi connectivity index (χ3n) is 5.45. The Morgan fingerprint density at radius 2 is 1.81 bits per heavy atom. The van der Waals surface area contributed by atoms with Crippen LogP contribution in [-0.2, 0) is 19.6 Å². The summed E-state index contributed by atoms with van der Waals surface area (Å²) >= 11 is 0. The van der Waals surface area contributed by atoms with Crippen molar-refractivity contribution in [3.63, 3.8) is 0 Å². The van der Waals surface area contributed by atoms with Crippen molar-refractivity contribution in [3.8, 4) is 0 Å². The van der Waals surface area contributed by atoms with E-state index in [1.165, 1.54) is 16.4 Å². The number of nitrogens with one attached hydrogen (secondary N) is 1.